The Morgan fingerprint density at radius 3 is 2.62 bits per heavy atom. The summed E-state index contributed by atoms with van der Waals surface area (Å²) in [6, 6.07) is 15.9. The van der Waals surface area contributed by atoms with Gasteiger partial charge in [-0.2, -0.15) is 0 Å². The van der Waals surface area contributed by atoms with Crippen LogP contribution in [0.3, 0.4) is 0 Å². The molecule has 2 aromatic rings. The molecule has 0 unspecified atom stereocenters. The van der Waals surface area contributed by atoms with E-state index >= 15 is 0 Å². The van der Waals surface area contributed by atoms with E-state index in [1.807, 2.05) is 41.3 Å². The zero-order valence-electron chi connectivity index (χ0n) is 25.5. The summed E-state index contributed by atoms with van der Waals surface area (Å²) in [5.41, 5.74) is 1.97. The third kappa shape index (κ3) is 8.50. The van der Waals surface area contributed by atoms with Gasteiger partial charge >= 0.3 is 0 Å². The Morgan fingerprint density at radius 2 is 1.79 bits per heavy atom. The van der Waals surface area contributed by atoms with E-state index in [4.69, 9.17) is 9.47 Å². The molecule has 5 rings (SSSR count). The Balaban J connectivity index is 1.14. The van der Waals surface area contributed by atoms with E-state index in [2.05, 4.69) is 29.3 Å². The van der Waals surface area contributed by atoms with Crippen molar-refractivity contribution in [3.8, 4) is 11.5 Å². The standard InChI is InChI=1S/C35H49N3O4/c1-28-14-19-37(20-15-28)23-25-41-31-11-6-10-30(26-31)34(40)38-21-17-35(18-22-38)16-5-4-9-29-8-2-3-12-32(29)42-24-7-13-33(39)36-27-35/h2-3,6,8,10-12,26,28H,4-5,7,9,13-25,27H2,1H3,(H,36,39). The highest BCUT2D eigenvalue weighted by Gasteiger charge is 2.36. The zero-order chi connectivity index (χ0) is 29.2. The third-order valence-electron chi connectivity index (χ3n) is 9.59. The van der Waals surface area contributed by atoms with Crippen LogP contribution in [0.4, 0.5) is 0 Å². The number of para-hydroxylation sites is 1. The van der Waals surface area contributed by atoms with Gasteiger partial charge in [0.2, 0.25) is 5.91 Å². The van der Waals surface area contributed by atoms with Gasteiger partial charge in [-0.05, 0) is 106 Å². The number of likely N-dealkylation sites (tertiary alicyclic amines) is 2. The Kier molecular flexibility index (Phi) is 10.8. The van der Waals surface area contributed by atoms with Crippen LogP contribution in [0.5, 0.6) is 11.5 Å². The fourth-order valence-corrected chi connectivity index (χ4v) is 6.64. The number of amides is 2. The van der Waals surface area contributed by atoms with Gasteiger partial charge in [-0.3, -0.25) is 14.5 Å². The van der Waals surface area contributed by atoms with Crippen LogP contribution in [0.25, 0.3) is 0 Å². The molecule has 3 aliphatic rings. The molecule has 7 nitrogen and oxygen atoms in total. The lowest BCUT2D eigenvalue weighted by Crippen LogP contribution is -2.48. The quantitative estimate of drug-likeness (QED) is 0.494. The average Bonchev–Trinajstić information content (AvgIpc) is 3.02. The van der Waals surface area contributed by atoms with Crippen molar-refractivity contribution in [1.82, 2.24) is 15.1 Å². The van der Waals surface area contributed by atoms with Gasteiger partial charge in [-0.15, -0.1) is 0 Å². The number of benzene rings is 2. The van der Waals surface area contributed by atoms with E-state index in [1.54, 1.807) is 0 Å². The fraction of sp³-hybridized carbons (Fsp3) is 0.600. The van der Waals surface area contributed by atoms with Crippen molar-refractivity contribution in [2.45, 2.75) is 71.1 Å². The molecule has 1 spiro atoms. The summed E-state index contributed by atoms with van der Waals surface area (Å²) in [5, 5.41) is 3.23. The minimum absolute atomic E-state index is 0.0315. The van der Waals surface area contributed by atoms with Crippen LogP contribution in [0.15, 0.2) is 48.5 Å². The molecule has 3 heterocycles. The van der Waals surface area contributed by atoms with Crippen LogP contribution in [0.1, 0.15) is 80.6 Å². The predicted molar refractivity (Wildman–Crippen MR) is 166 cm³/mol. The third-order valence-corrected chi connectivity index (χ3v) is 9.59. The second-order valence-electron chi connectivity index (χ2n) is 12.7. The largest absolute Gasteiger partial charge is 0.493 e. The van der Waals surface area contributed by atoms with Crippen molar-refractivity contribution >= 4 is 11.8 Å². The molecule has 0 aliphatic carbocycles. The number of hydrogen-bond acceptors (Lipinski definition) is 5. The van der Waals surface area contributed by atoms with Crippen molar-refractivity contribution in [1.29, 1.82) is 0 Å². The summed E-state index contributed by atoms with van der Waals surface area (Å²) in [6.07, 6.45) is 9.74. The molecule has 7 heteroatoms. The molecule has 228 valence electrons. The van der Waals surface area contributed by atoms with Gasteiger partial charge in [0.25, 0.3) is 5.91 Å². The van der Waals surface area contributed by atoms with E-state index in [1.165, 1.54) is 18.4 Å². The van der Waals surface area contributed by atoms with Crippen LogP contribution in [0.2, 0.25) is 0 Å². The first-order valence-corrected chi connectivity index (χ1v) is 16.2. The fourth-order valence-electron chi connectivity index (χ4n) is 6.64. The van der Waals surface area contributed by atoms with E-state index in [9.17, 15) is 9.59 Å². The number of hydrogen-bond donors (Lipinski definition) is 1. The van der Waals surface area contributed by atoms with Gasteiger partial charge in [0.15, 0.2) is 0 Å². The van der Waals surface area contributed by atoms with E-state index < -0.39 is 0 Å². The number of fused-ring (bicyclic) bond motifs is 1. The molecular weight excluding hydrogens is 526 g/mol. The summed E-state index contributed by atoms with van der Waals surface area (Å²) in [6.45, 7) is 8.85. The van der Waals surface area contributed by atoms with Crippen molar-refractivity contribution in [2.75, 3.05) is 52.5 Å². The number of carbonyl (C=O) groups excluding carboxylic acids is 2. The van der Waals surface area contributed by atoms with Crippen molar-refractivity contribution in [3.05, 3.63) is 59.7 Å². The summed E-state index contributed by atoms with van der Waals surface area (Å²) < 4.78 is 12.0. The summed E-state index contributed by atoms with van der Waals surface area (Å²) in [5.74, 6) is 2.70. The molecule has 2 saturated heterocycles. The van der Waals surface area contributed by atoms with E-state index in [0.717, 1.165) is 75.6 Å². The Labute approximate surface area is 251 Å². The average molecular weight is 576 g/mol. The van der Waals surface area contributed by atoms with Gasteiger partial charge < -0.3 is 19.7 Å². The molecule has 0 aromatic heterocycles. The van der Waals surface area contributed by atoms with Gasteiger partial charge in [-0.25, -0.2) is 0 Å². The SMILES string of the molecule is CC1CCN(CCOc2cccc(C(=O)N3CCC4(CCCCc5ccccc5OCCCC(=O)NC4)CC3)c2)CC1. The number of piperidine rings is 2. The number of rotatable bonds is 5. The topological polar surface area (TPSA) is 71.1 Å². The lowest BCUT2D eigenvalue weighted by molar-refractivity contribution is -0.122. The molecule has 2 aromatic carbocycles. The molecule has 2 fully saturated rings. The van der Waals surface area contributed by atoms with Gasteiger partial charge in [0, 0.05) is 38.2 Å². The molecule has 1 N–H and O–H groups in total. The number of carbonyl (C=O) groups is 2. The summed E-state index contributed by atoms with van der Waals surface area (Å²) >= 11 is 0. The lowest BCUT2D eigenvalue weighted by atomic mass is 9.74. The van der Waals surface area contributed by atoms with Crippen LogP contribution in [-0.4, -0.2) is 74.1 Å². The highest BCUT2D eigenvalue weighted by molar-refractivity contribution is 5.94. The van der Waals surface area contributed by atoms with Gasteiger partial charge in [0.05, 0.1) is 6.61 Å². The molecule has 2 amide bonds. The second-order valence-corrected chi connectivity index (χ2v) is 12.7. The predicted octanol–water partition coefficient (Wildman–Crippen LogP) is 5.72. The molecule has 0 saturated carbocycles. The monoisotopic (exact) mass is 575 g/mol. The van der Waals surface area contributed by atoms with E-state index in [0.29, 0.717) is 51.3 Å². The minimum atomic E-state index is 0.0315. The highest BCUT2D eigenvalue weighted by atomic mass is 16.5. The number of ether oxygens (including phenoxy) is 2. The normalized spacial score (nSPS) is 21.1. The van der Waals surface area contributed by atoms with E-state index in [-0.39, 0.29) is 17.2 Å². The first-order chi connectivity index (χ1) is 20.5. The highest BCUT2D eigenvalue weighted by Crippen LogP contribution is 2.37. The maximum absolute atomic E-state index is 13.5. The van der Waals surface area contributed by atoms with Crippen LogP contribution >= 0.6 is 0 Å². The first-order valence-electron chi connectivity index (χ1n) is 16.2. The van der Waals surface area contributed by atoms with Crippen molar-refractivity contribution in [3.63, 3.8) is 0 Å². The molecule has 3 aliphatic heterocycles. The molecular formula is C35H49N3O4. The van der Waals surface area contributed by atoms with Crippen LogP contribution in [-0.2, 0) is 11.2 Å². The maximum atomic E-state index is 13.5. The van der Waals surface area contributed by atoms with Gasteiger partial charge in [-0.1, -0.05) is 37.6 Å². The number of aryl methyl sites for hydroxylation is 1. The maximum Gasteiger partial charge on any atom is 0.253 e. The van der Waals surface area contributed by atoms with Crippen molar-refractivity contribution < 1.29 is 19.1 Å². The number of nitrogens with one attached hydrogen (secondary N) is 1. The second kappa shape index (κ2) is 14.9. The van der Waals surface area contributed by atoms with Crippen LogP contribution < -0.4 is 14.8 Å². The summed E-state index contributed by atoms with van der Waals surface area (Å²) in [7, 11) is 0. The Hall–Kier alpha value is -3.06. The molecule has 0 radical (unpaired) electrons. The molecule has 0 bridgehead atoms. The Morgan fingerprint density at radius 1 is 0.976 bits per heavy atom. The molecule has 42 heavy (non-hydrogen) atoms. The Bertz CT molecular complexity index is 1170. The van der Waals surface area contributed by atoms with Crippen molar-refractivity contribution in [2.24, 2.45) is 11.3 Å². The number of nitrogens with zero attached hydrogens (tertiary/aromatic N) is 2. The van der Waals surface area contributed by atoms with Crippen LogP contribution in [0, 0.1) is 11.3 Å². The molecule has 0 atom stereocenters. The smallest absolute Gasteiger partial charge is 0.253 e. The lowest BCUT2D eigenvalue weighted by Gasteiger charge is -2.42. The minimum Gasteiger partial charge on any atom is -0.493 e. The first kappa shape index (κ1) is 30.4. The zero-order valence-corrected chi connectivity index (χ0v) is 25.5. The summed E-state index contributed by atoms with van der Waals surface area (Å²) in [4.78, 5) is 30.6. The van der Waals surface area contributed by atoms with Gasteiger partial charge in [0.1, 0.15) is 18.1 Å².